The lowest BCUT2D eigenvalue weighted by Crippen LogP contribution is -2.51. The molecule has 7 heteroatoms. The number of carbonyl (C=O) groups excluding carboxylic acids is 1. The van der Waals surface area contributed by atoms with Gasteiger partial charge < -0.3 is 14.2 Å². The van der Waals surface area contributed by atoms with E-state index in [2.05, 4.69) is 24.3 Å². The Morgan fingerprint density at radius 2 is 1.96 bits per heavy atom. The van der Waals surface area contributed by atoms with Crippen LogP contribution in [0.4, 0.5) is 0 Å². The number of ether oxygens (including phenoxy) is 3. The molecular formula is C17H27N3O4. The minimum Gasteiger partial charge on any atom is -0.497 e. The smallest absolute Gasteiger partial charge is 0.270 e. The number of hydrogen-bond donors (Lipinski definition) is 1. The van der Waals surface area contributed by atoms with Crippen LogP contribution in [0.15, 0.2) is 12.1 Å². The highest BCUT2D eigenvalue weighted by Gasteiger charge is 2.31. The number of rotatable bonds is 7. The van der Waals surface area contributed by atoms with Crippen LogP contribution in [-0.4, -0.2) is 56.5 Å². The van der Waals surface area contributed by atoms with Gasteiger partial charge in [0.25, 0.3) is 5.91 Å². The van der Waals surface area contributed by atoms with Crippen molar-refractivity contribution in [1.29, 1.82) is 0 Å². The van der Waals surface area contributed by atoms with Crippen molar-refractivity contribution in [3.63, 3.8) is 0 Å². The summed E-state index contributed by atoms with van der Waals surface area (Å²) in [5.74, 6) is 1.14. The molecule has 1 aromatic rings. The van der Waals surface area contributed by atoms with E-state index in [1.165, 1.54) is 14.2 Å². The van der Waals surface area contributed by atoms with Crippen molar-refractivity contribution in [3.05, 3.63) is 17.7 Å². The fraction of sp³-hybridized carbons (Fsp3) is 0.588. The van der Waals surface area contributed by atoms with Crippen molar-refractivity contribution < 1.29 is 19.0 Å². The van der Waals surface area contributed by atoms with Crippen LogP contribution in [-0.2, 0) is 0 Å². The Morgan fingerprint density at radius 3 is 2.50 bits per heavy atom. The quantitative estimate of drug-likeness (QED) is 0.822. The van der Waals surface area contributed by atoms with Crippen molar-refractivity contribution in [2.24, 2.45) is 0 Å². The third kappa shape index (κ3) is 3.57. The highest BCUT2D eigenvalue weighted by molar-refractivity contribution is 5.98. The van der Waals surface area contributed by atoms with Gasteiger partial charge in [-0.25, -0.2) is 5.01 Å². The Kier molecular flexibility index (Phi) is 6.28. The number of nitrogens with one attached hydrogen (secondary N) is 1. The van der Waals surface area contributed by atoms with Crippen molar-refractivity contribution in [2.75, 3.05) is 34.4 Å². The Balaban J connectivity index is 2.26. The summed E-state index contributed by atoms with van der Waals surface area (Å²) in [4.78, 5) is 12.8. The maximum absolute atomic E-state index is 12.8. The van der Waals surface area contributed by atoms with Crippen LogP contribution in [0.3, 0.4) is 0 Å². The average molecular weight is 337 g/mol. The minimum absolute atomic E-state index is 0.251. The summed E-state index contributed by atoms with van der Waals surface area (Å²) in [7, 11) is 4.60. The number of carbonyl (C=O) groups is 1. The monoisotopic (exact) mass is 337 g/mol. The molecule has 1 aliphatic heterocycles. The van der Waals surface area contributed by atoms with E-state index in [9.17, 15) is 4.79 Å². The fourth-order valence-corrected chi connectivity index (χ4v) is 3.11. The third-order valence-corrected chi connectivity index (χ3v) is 4.36. The maximum Gasteiger partial charge on any atom is 0.270 e. The van der Waals surface area contributed by atoms with Crippen LogP contribution in [0.1, 0.15) is 37.0 Å². The van der Waals surface area contributed by atoms with Gasteiger partial charge in [0.05, 0.1) is 26.9 Å². The molecule has 1 unspecified atom stereocenters. The zero-order valence-electron chi connectivity index (χ0n) is 15.1. The topological polar surface area (TPSA) is 63.3 Å². The molecule has 1 saturated heterocycles. The van der Waals surface area contributed by atoms with Crippen molar-refractivity contribution in [1.82, 2.24) is 15.6 Å². The number of nitrogens with zero attached hydrogens (tertiary/aromatic N) is 2. The van der Waals surface area contributed by atoms with Gasteiger partial charge in [-0.2, -0.15) is 5.12 Å². The lowest BCUT2D eigenvalue weighted by Gasteiger charge is -2.31. The SMILES string of the molecule is CCC1CCN(NC(=O)c2cc(OC)cc(OC)c2OC)N1CC. The molecule has 1 N–H and O–H groups in total. The van der Waals surface area contributed by atoms with E-state index < -0.39 is 0 Å². The second-order valence-electron chi connectivity index (χ2n) is 5.58. The molecule has 1 aliphatic rings. The van der Waals surface area contributed by atoms with Crippen LogP contribution < -0.4 is 19.6 Å². The van der Waals surface area contributed by atoms with Crippen molar-refractivity contribution in [3.8, 4) is 17.2 Å². The number of amides is 1. The predicted molar refractivity (Wildman–Crippen MR) is 91.3 cm³/mol. The number of benzene rings is 1. The predicted octanol–water partition coefficient (Wildman–Crippen LogP) is 2.08. The fourth-order valence-electron chi connectivity index (χ4n) is 3.11. The molecule has 0 aliphatic carbocycles. The van der Waals surface area contributed by atoms with E-state index >= 15 is 0 Å². The summed E-state index contributed by atoms with van der Waals surface area (Å²) in [5.41, 5.74) is 3.35. The minimum atomic E-state index is -0.251. The first-order valence-corrected chi connectivity index (χ1v) is 8.24. The van der Waals surface area contributed by atoms with E-state index in [1.54, 1.807) is 19.2 Å². The first-order valence-electron chi connectivity index (χ1n) is 8.24. The number of methoxy groups -OCH3 is 3. The lowest BCUT2D eigenvalue weighted by atomic mass is 10.1. The summed E-state index contributed by atoms with van der Waals surface area (Å²) >= 11 is 0. The Labute approximate surface area is 143 Å². The zero-order chi connectivity index (χ0) is 17.7. The molecule has 0 radical (unpaired) electrons. The highest BCUT2D eigenvalue weighted by Crippen LogP contribution is 2.35. The van der Waals surface area contributed by atoms with Gasteiger partial charge in [0.1, 0.15) is 5.75 Å². The summed E-state index contributed by atoms with van der Waals surface area (Å²) in [5, 5.41) is 4.07. The molecular weight excluding hydrogens is 310 g/mol. The molecule has 1 aromatic carbocycles. The lowest BCUT2D eigenvalue weighted by molar-refractivity contribution is -0.0364. The zero-order valence-corrected chi connectivity index (χ0v) is 15.1. The van der Waals surface area contributed by atoms with Crippen molar-refractivity contribution in [2.45, 2.75) is 32.7 Å². The summed E-state index contributed by atoms with van der Waals surface area (Å²) in [6.45, 7) is 5.88. The molecule has 0 aromatic heterocycles. The molecule has 134 valence electrons. The summed E-state index contributed by atoms with van der Waals surface area (Å²) < 4.78 is 15.9. The first-order chi connectivity index (χ1) is 11.6. The Morgan fingerprint density at radius 1 is 1.21 bits per heavy atom. The highest BCUT2D eigenvalue weighted by atomic mass is 16.5. The van der Waals surface area contributed by atoms with E-state index in [1.807, 2.05) is 5.12 Å². The van der Waals surface area contributed by atoms with Crippen LogP contribution in [0.2, 0.25) is 0 Å². The molecule has 24 heavy (non-hydrogen) atoms. The van der Waals surface area contributed by atoms with Gasteiger partial charge in [0.2, 0.25) is 0 Å². The van der Waals surface area contributed by atoms with Gasteiger partial charge in [0.15, 0.2) is 11.5 Å². The van der Waals surface area contributed by atoms with E-state index in [0.29, 0.717) is 28.9 Å². The van der Waals surface area contributed by atoms with Gasteiger partial charge in [-0.1, -0.05) is 13.8 Å². The molecule has 7 nitrogen and oxygen atoms in total. The second kappa shape index (κ2) is 8.21. The van der Waals surface area contributed by atoms with E-state index in [-0.39, 0.29) is 5.91 Å². The number of hydrazine groups is 2. The van der Waals surface area contributed by atoms with Gasteiger partial charge >= 0.3 is 0 Å². The third-order valence-electron chi connectivity index (χ3n) is 4.36. The van der Waals surface area contributed by atoms with Crippen molar-refractivity contribution >= 4 is 5.91 Å². The van der Waals surface area contributed by atoms with Crippen LogP contribution in [0.25, 0.3) is 0 Å². The molecule has 1 fully saturated rings. The Hall–Kier alpha value is -1.99. The average Bonchev–Trinajstić information content (AvgIpc) is 3.01. The summed E-state index contributed by atoms with van der Waals surface area (Å²) in [6.07, 6.45) is 2.08. The second-order valence-corrected chi connectivity index (χ2v) is 5.58. The van der Waals surface area contributed by atoms with Gasteiger partial charge in [-0.05, 0) is 18.9 Å². The molecule has 1 heterocycles. The number of hydrogen-bond acceptors (Lipinski definition) is 6. The molecule has 0 saturated carbocycles. The van der Waals surface area contributed by atoms with Gasteiger partial charge in [-0.15, -0.1) is 0 Å². The maximum atomic E-state index is 12.8. The summed E-state index contributed by atoms with van der Waals surface area (Å²) in [6, 6.07) is 3.80. The van der Waals surface area contributed by atoms with Crippen LogP contribution in [0.5, 0.6) is 17.2 Å². The normalized spacial score (nSPS) is 18.5. The van der Waals surface area contributed by atoms with E-state index in [4.69, 9.17) is 14.2 Å². The first kappa shape index (κ1) is 18.4. The largest absolute Gasteiger partial charge is 0.497 e. The van der Waals surface area contributed by atoms with E-state index in [0.717, 1.165) is 25.9 Å². The van der Waals surface area contributed by atoms with Crippen LogP contribution >= 0.6 is 0 Å². The molecule has 0 spiro atoms. The van der Waals surface area contributed by atoms with Gasteiger partial charge in [0, 0.05) is 25.2 Å². The van der Waals surface area contributed by atoms with Crippen LogP contribution in [0, 0.1) is 0 Å². The van der Waals surface area contributed by atoms with Gasteiger partial charge in [-0.3, -0.25) is 10.2 Å². The molecule has 1 atom stereocenters. The molecule has 1 amide bonds. The standard InChI is InChI=1S/C17H27N3O4/c1-6-12-8-9-20(19(12)7-2)18-17(21)14-10-13(22-3)11-15(23-4)16(14)24-5/h10-12H,6-9H2,1-5H3,(H,18,21). The Bertz CT molecular complexity index is 579. The molecule has 0 bridgehead atoms. The molecule has 2 rings (SSSR count).